The predicted octanol–water partition coefficient (Wildman–Crippen LogP) is 7.09. The van der Waals surface area contributed by atoms with E-state index < -0.39 is 12.0 Å². The first-order chi connectivity index (χ1) is 19.4. The minimum absolute atomic E-state index is 0.0630. The van der Waals surface area contributed by atoms with E-state index in [1.54, 1.807) is 41.3 Å². The Balaban J connectivity index is 1.65. The third-order valence-corrected chi connectivity index (χ3v) is 7.74. The molecule has 0 unspecified atom stereocenters. The van der Waals surface area contributed by atoms with Gasteiger partial charge in [-0.3, -0.25) is 14.5 Å². The van der Waals surface area contributed by atoms with E-state index in [1.165, 1.54) is 19.2 Å². The third-order valence-electron chi connectivity index (χ3n) is 7.74. The lowest BCUT2D eigenvalue weighted by atomic mass is 9.78. The SMILES string of the molecule is CCCCCC(=O)N1c2ccccc2NC2=C(C(=O)C[C@H](c3ccc(F)cc3)C2)[C@@H]1c1ccc(C(=O)OC)cc1. The van der Waals surface area contributed by atoms with Crippen LogP contribution >= 0.6 is 0 Å². The van der Waals surface area contributed by atoms with Crippen LogP contribution in [-0.4, -0.2) is 24.8 Å². The van der Waals surface area contributed by atoms with Gasteiger partial charge in [0.15, 0.2) is 5.78 Å². The molecule has 0 radical (unpaired) electrons. The second kappa shape index (κ2) is 11.9. The number of carbonyl (C=O) groups is 3. The minimum atomic E-state index is -0.673. The number of hydrogen-bond acceptors (Lipinski definition) is 5. The fourth-order valence-electron chi connectivity index (χ4n) is 5.72. The summed E-state index contributed by atoms with van der Waals surface area (Å²) < 4.78 is 18.5. The van der Waals surface area contributed by atoms with Gasteiger partial charge in [0, 0.05) is 24.1 Å². The quantitative estimate of drug-likeness (QED) is 0.256. The van der Waals surface area contributed by atoms with E-state index in [1.807, 2.05) is 24.3 Å². The summed E-state index contributed by atoms with van der Waals surface area (Å²) in [6.07, 6.45) is 3.81. The van der Waals surface area contributed by atoms with Gasteiger partial charge in [0.05, 0.1) is 30.1 Å². The van der Waals surface area contributed by atoms with Crippen LogP contribution in [0.25, 0.3) is 0 Å². The van der Waals surface area contributed by atoms with E-state index in [0.29, 0.717) is 29.7 Å². The number of ketones is 1. The number of nitrogens with one attached hydrogen (secondary N) is 1. The Morgan fingerprint density at radius 1 is 0.950 bits per heavy atom. The Kier molecular flexibility index (Phi) is 8.10. The van der Waals surface area contributed by atoms with E-state index in [-0.39, 0.29) is 29.8 Å². The van der Waals surface area contributed by atoms with E-state index in [9.17, 15) is 18.8 Å². The lowest BCUT2D eigenvalue weighted by Crippen LogP contribution is -2.38. The number of amides is 1. The monoisotopic (exact) mass is 540 g/mol. The second-order valence-corrected chi connectivity index (χ2v) is 10.4. The number of benzene rings is 3. The maximum atomic E-state index is 14.0. The maximum Gasteiger partial charge on any atom is 0.337 e. The van der Waals surface area contributed by atoms with Gasteiger partial charge in [-0.25, -0.2) is 9.18 Å². The van der Waals surface area contributed by atoms with Gasteiger partial charge in [-0.2, -0.15) is 0 Å². The number of carbonyl (C=O) groups excluding carboxylic acids is 3. The summed E-state index contributed by atoms with van der Waals surface area (Å²) in [6.45, 7) is 2.09. The summed E-state index contributed by atoms with van der Waals surface area (Å²) in [7, 11) is 1.33. The van der Waals surface area contributed by atoms with Crippen molar-refractivity contribution in [3.05, 3.63) is 107 Å². The molecule has 0 spiro atoms. The summed E-state index contributed by atoms with van der Waals surface area (Å²) in [5.41, 5.74) is 4.77. The van der Waals surface area contributed by atoms with Crippen molar-refractivity contribution in [1.29, 1.82) is 0 Å². The van der Waals surface area contributed by atoms with Crippen molar-refractivity contribution >= 4 is 29.0 Å². The standard InChI is InChI=1S/C33H33FN2O4/c1-3-4-5-10-30(38)36-28-9-7-6-8-26(28)35-27-19-24(21-15-17-25(34)18-16-21)20-29(37)31(27)32(36)22-11-13-23(14-12-22)33(39)40-2/h6-9,11-18,24,32,35H,3-5,10,19-20H2,1-2H3/t24-,32+/m1/s1. The number of allylic oxidation sites excluding steroid dienone is 1. The van der Waals surface area contributed by atoms with Crippen LogP contribution in [0.15, 0.2) is 84.1 Å². The van der Waals surface area contributed by atoms with Crippen molar-refractivity contribution in [3.63, 3.8) is 0 Å². The molecule has 0 aromatic heterocycles. The number of fused-ring (bicyclic) bond motifs is 1. The maximum absolute atomic E-state index is 14.0. The Morgan fingerprint density at radius 2 is 1.65 bits per heavy atom. The van der Waals surface area contributed by atoms with Gasteiger partial charge in [0.2, 0.25) is 5.91 Å². The van der Waals surface area contributed by atoms with E-state index in [0.717, 1.165) is 41.8 Å². The topological polar surface area (TPSA) is 75.7 Å². The Hall–Kier alpha value is -4.26. The third kappa shape index (κ3) is 5.41. The second-order valence-electron chi connectivity index (χ2n) is 10.4. The fourth-order valence-corrected chi connectivity index (χ4v) is 5.72. The first-order valence-corrected chi connectivity index (χ1v) is 13.8. The number of unbranched alkanes of at least 4 members (excludes halogenated alkanes) is 2. The Morgan fingerprint density at radius 3 is 2.35 bits per heavy atom. The number of hydrogen-bond donors (Lipinski definition) is 1. The number of halogens is 1. The van der Waals surface area contributed by atoms with Crippen molar-refractivity contribution in [2.75, 3.05) is 17.3 Å². The highest BCUT2D eigenvalue weighted by atomic mass is 19.1. The zero-order valence-electron chi connectivity index (χ0n) is 22.8. The minimum Gasteiger partial charge on any atom is -0.465 e. The summed E-state index contributed by atoms with van der Waals surface area (Å²) in [6, 6.07) is 20.2. The number of rotatable bonds is 7. The molecule has 1 N–H and O–H groups in total. The number of esters is 1. The van der Waals surface area contributed by atoms with Crippen molar-refractivity contribution in [2.45, 2.75) is 57.4 Å². The molecule has 1 aliphatic carbocycles. The molecule has 5 rings (SSSR count). The summed E-state index contributed by atoms with van der Waals surface area (Å²) >= 11 is 0. The molecule has 6 nitrogen and oxygen atoms in total. The summed E-state index contributed by atoms with van der Waals surface area (Å²) in [5.74, 6) is -1.03. The lowest BCUT2D eigenvalue weighted by Gasteiger charge is -2.35. The fraction of sp³-hybridized carbons (Fsp3) is 0.303. The molecule has 3 aromatic carbocycles. The number of para-hydroxylation sites is 2. The van der Waals surface area contributed by atoms with Crippen LogP contribution < -0.4 is 10.2 Å². The number of nitrogens with zero attached hydrogens (tertiary/aromatic N) is 1. The van der Waals surface area contributed by atoms with E-state index >= 15 is 0 Å². The van der Waals surface area contributed by atoms with Crippen molar-refractivity contribution in [1.82, 2.24) is 0 Å². The highest BCUT2D eigenvalue weighted by Gasteiger charge is 2.41. The number of Topliss-reactive ketones (excluding diaryl/α,β-unsaturated/α-hetero) is 1. The molecule has 2 atom stereocenters. The van der Waals surface area contributed by atoms with Gasteiger partial charge in [-0.05, 0) is 66.3 Å². The van der Waals surface area contributed by atoms with Crippen molar-refractivity contribution in [3.8, 4) is 0 Å². The number of anilines is 2. The summed E-state index contributed by atoms with van der Waals surface area (Å²) in [4.78, 5) is 41.9. The molecular formula is C33H33FN2O4. The van der Waals surface area contributed by atoms with Crippen LogP contribution in [0.4, 0.5) is 15.8 Å². The highest BCUT2D eigenvalue weighted by molar-refractivity contribution is 6.06. The molecule has 1 amide bonds. The molecule has 7 heteroatoms. The molecule has 0 saturated carbocycles. The van der Waals surface area contributed by atoms with Crippen LogP contribution in [0.1, 0.15) is 78.9 Å². The zero-order chi connectivity index (χ0) is 28.2. The first kappa shape index (κ1) is 27.3. The Labute approximate surface area is 233 Å². The normalized spacial score (nSPS) is 18.4. The zero-order valence-corrected chi connectivity index (χ0v) is 22.8. The van der Waals surface area contributed by atoms with Gasteiger partial charge in [0.1, 0.15) is 5.82 Å². The largest absolute Gasteiger partial charge is 0.465 e. The van der Waals surface area contributed by atoms with Gasteiger partial charge in [-0.15, -0.1) is 0 Å². The smallest absolute Gasteiger partial charge is 0.337 e. The Bertz CT molecular complexity index is 1450. The molecule has 2 aliphatic rings. The van der Waals surface area contributed by atoms with Crippen LogP contribution in [0, 0.1) is 5.82 Å². The first-order valence-electron chi connectivity index (χ1n) is 13.8. The molecule has 1 aliphatic heterocycles. The van der Waals surface area contributed by atoms with E-state index in [2.05, 4.69) is 12.2 Å². The highest BCUT2D eigenvalue weighted by Crippen LogP contribution is 2.47. The van der Waals surface area contributed by atoms with Crippen molar-refractivity contribution in [2.24, 2.45) is 0 Å². The van der Waals surface area contributed by atoms with Crippen LogP contribution in [0.3, 0.4) is 0 Å². The molecule has 40 heavy (non-hydrogen) atoms. The van der Waals surface area contributed by atoms with Crippen molar-refractivity contribution < 1.29 is 23.5 Å². The number of ether oxygens (including phenoxy) is 1. The van der Waals surface area contributed by atoms with Crippen LogP contribution in [0.2, 0.25) is 0 Å². The van der Waals surface area contributed by atoms with Gasteiger partial charge >= 0.3 is 5.97 Å². The molecular weight excluding hydrogens is 507 g/mol. The predicted molar refractivity (Wildman–Crippen MR) is 153 cm³/mol. The van der Waals surface area contributed by atoms with E-state index in [4.69, 9.17) is 4.74 Å². The molecule has 0 fully saturated rings. The van der Waals surface area contributed by atoms with Gasteiger partial charge in [0.25, 0.3) is 0 Å². The molecule has 0 bridgehead atoms. The van der Waals surface area contributed by atoms with Crippen LogP contribution in [0.5, 0.6) is 0 Å². The molecule has 3 aromatic rings. The van der Waals surface area contributed by atoms with Gasteiger partial charge in [-0.1, -0.05) is 56.2 Å². The van der Waals surface area contributed by atoms with Crippen LogP contribution in [-0.2, 0) is 14.3 Å². The average Bonchev–Trinajstić information content (AvgIpc) is 3.12. The van der Waals surface area contributed by atoms with Gasteiger partial charge < -0.3 is 10.1 Å². The molecule has 1 heterocycles. The molecule has 0 saturated heterocycles. The number of methoxy groups -OCH3 is 1. The lowest BCUT2D eigenvalue weighted by molar-refractivity contribution is -0.119. The summed E-state index contributed by atoms with van der Waals surface area (Å²) in [5, 5.41) is 3.51. The average molecular weight is 541 g/mol. The molecule has 206 valence electrons.